The molecule has 0 unspecified atom stereocenters. The predicted octanol–water partition coefficient (Wildman–Crippen LogP) is 2.58. The second kappa shape index (κ2) is 3.81. The molecule has 0 fully saturated rings. The molecule has 1 atom stereocenters. The topological polar surface area (TPSA) is 57.5 Å². The molecule has 1 aromatic rings. The van der Waals surface area contributed by atoms with Crippen LogP contribution in [0.5, 0.6) is 0 Å². The Labute approximate surface area is 81.5 Å². The summed E-state index contributed by atoms with van der Waals surface area (Å²) in [5.74, 6) is 0. The van der Waals surface area contributed by atoms with E-state index in [0.29, 0.717) is 10.6 Å². The van der Waals surface area contributed by atoms with Crippen LogP contribution in [-0.2, 0) is 4.57 Å². The molecule has 3 nitrogen and oxygen atoms in total. The minimum atomic E-state index is -4.04. The standard InChI is InChI=1S/C8H10ClO3P/c1-6(13(10,11)12)7-2-4-8(9)5-3-7/h2-6H,1H3,(H2,10,11,12)/t6-/m0/s1. The normalized spacial score (nSPS) is 14.2. The zero-order chi connectivity index (χ0) is 10.1. The molecule has 0 heterocycles. The molecule has 0 aliphatic heterocycles. The van der Waals surface area contributed by atoms with Crippen molar-refractivity contribution in [3.8, 4) is 0 Å². The zero-order valence-electron chi connectivity index (χ0n) is 7.01. The molecule has 0 aliphatic carbocycles. The van der Waals surface area contributed by atoms with Gasteiger partial charge in [-0.05, 0) is 24.6 Å². The zero-order valence-corrected chi connectivity index (χ0v) is 8.66. The third-order valence-electron chi connectivity index (χ3n) is 1.86. The SMILES string of the molecule is C[C@@H](c1ccc(Cl)cc1)P(=O)(O)O. The largest absolute Gasteiger partial charge is 0.332 e. The molecule has 0 bridgehead atoms. The van der Waals surface area contributed by atoms with E-state index in [0.717, 1.165) is 0 Å². The summed E-state index contributed by atoms with van der Waals surface area (Å²) in [6.07, 6.45) is 0. The van der Waals surface area contributed by atoms with Crippen molar-refractivity contribution in [2.24, 2.45) is 0 Å². The predicted molar refractivity (Wildman–Crippen MR) is 51.9 cm³/mol. The summed E-state index contributed by atoms with van der Waals surface area (Å²) in [4.78, 5) is 17.8. The van der Waals surface area contributed by atoms with Crippen LogP contribution < -0.4 is 0 Å². The summed E-state index contributed by atoms with van der Waals surface area (Å²) in [5.41, 5.74) is -0.178. The van der Waals surface area contributed by atoms with Crippen molar-refractivity contribution < 1.29 is 14.4 Å². The quantitative estimate of drug-likeness (QED) is 0.753. The smallest absolute Gasteiger partial charge is 0.324 e. The van der Waals surface area contributed by atoms with Crippen LogP contribution in [0, 0.1) is 0 Å². The molecule has 0 radical (unpaired) electrons. The van der Waals surface area contributed by atoms with Crippen LogP contribution in [0.4, 0.5) is 0 Å². The van der Waals surface area contributed by atoms with E-state index in [1.165, 1.54) is 6.92 Å². The lowest BCUT2D eigenvalue weighted by Gasteiger charge is -2.13. The average Bonchev–Trinajstić information content (AvgIpc) is 2.03. The van der Waals surface area contributed by atoms with Gasteiger partial charge in [-0.1, -0.05) is 23.7 Å². The number of benzene rings is 1. The summed E-state index contributed by atoms with van der Waals surface area (Å²) < 4.78 is 10.9. The van der Waals surface area contributed by atoms with Gasteiger partial charge in [-0.15, -0.1) is 0 Å². The van der Waals surface area contributed by atoms with Gasteiger partial charge in [0.2, 0.25) is 0 Å². The van der Waals surface area contributed by atoms with E-state index in [-0.39, 0.29) is 0 Å². The highest BCUT2D eigenvalue weighted by Gasteiger charge is 2.25. The Balaban J connectivity index is 2.97. The molecular weight excluding hydrogens is 211 g/mol. The summed E-state index contributed by atoms with van der Waals surface area (Å²) in [5, 5.41) is 0.557. The van der Waals surface area contributed by atoms with Gasteiger partial charge in [-0.2, -0.15) is 0 Å². The van der Waals surface area contributed by atoms with E-state index >= 15 is 0 Å². The van der Waals surface area contributed by atoms with Gasteiger partial charge in [0, 0.05) is 5.02 Å². The van der Waals surface area contributed by atoms with Crippen molar-refractivity contribution in [3.63, 3.8) is 0 Å². The molecule has 0 saturated heterocycles. The van der Waals surface area contributed by atoms with Crippen LogP contribution in [0.3, 0.4) is 0 Å². The molecular formula is C8H10ClO3P. The Morgan fingerprint density at radius 3 is 2.15 bits per heavy atom. The molecule has 1 rings (SSSR count). The Morgan fingerprint density at radius 1 is 1.31 bits per heavy atom. The Hall–Kier alpha value is -0.340. The maximum Gasteiger partial charge on any atom is 0.332 e. The maximum atomic E-state index is 10.9. The second-order valence-electron chi connectivity index (χ2n) is 2.82. The molecule has 13 heavy (non-hydrogen) atoms. The minimum absolute atomic E-state index is 0.557. The Morgan fingerprint density at radius 2 is 1.77 bits per heavy atom. The summed E-state index contributed by atoms with van der Waals surface area (Å²) in [7, 11) is -4.04. The lowest BCUT2D eigenvalue weighted by atomic mass is 10.2. The fraction of sp³-hybridized carbons (Fsp3) is 0.250. The lowest BCUT2D eigenvalue weighted by Crippen LogP contribution is -1.93. The molecule has 72 valence electrons. The van der Waals surface area contributed by atoms with Gasteiger partial charge in [-0.25, -0.2) is 0 Å². The summed E-state index contributed by atoms with van der Waals surface area (Å²) in [6, 6.07) is 6.46. The van der Waals surface area contributed by atoms with Gasteiger partial charge in [0.05, 0.1) is 5.66 Å². The first kappa shape index (κ1) is 10.7. The third kappa shape index (κ3) is 2.82. The van der Waals surface area contributed by atoms with E-state index in [1.807, 2.05) is 0 Å². The molecule has 0 aromatic heterocycles. The van der Waals surface area contributed by atoms with Crippen LogP contribution in [0.15, 0.2) is 24.3 Å². The Kier molecular flexibility index (Phi) is 3.14. The highest BCUT2D eigenvalue weighted by molar-refractivity contribution is 7.52. The average molecular weight is 221 g/mol. The van der Waals surface area contributed by atoms with E-state index in [4.69, 9.17) is 21.4 Å². The summed E-state index contributed by atoms with van der Waals surface area (Å²) in [6.45, 7) is 1.49. The fourth-order valence-electron chi connectivity index (χ4n) is 0.935. The van der Waals surface area contributed by atoms with Crippen molar-refractivity contribution in [2.45, 2.75) is 12.6 Å². The van der Waals surface area contributed by atoms with Gasteiger partial charge in [0.15, 0.2) is 0 Å². The lowest BCUT2D eigenvalue weighted by molar-refractivity contribution is 0.362. The molecule has 0 spiro atoms. The van der Waals surface area contributed by atoms with E-state index in [9.17, 15) is 4.57 Å². The number of hydrogen-bond acceptors (Lipinski definition) is 1. The monoisotopic (exact) mass is 220 g/mol. The van der Waals surface area contributed by atoms with Crippen molar-refractivity contribution in [2.75, 3.05) is 0 Å². The first-order chi connectivity index (χ1) is 5.91. The first-order valence-corrected chi connectivity index (χ1v) is 5.78. The van der Waals surface area contributed by atoms with Crippen LogP contribution >= 0.6 is 19.2 Å². The number of rotatable bonds is 2. The van der Waals surface area contributed by atoms with E-state index in [2.05, 4.69) is 0 Å². The van der Waals surface area contributed by atoms with Gasteiger partial charge in [-0.3, -0.25) is 4.57 Å². The molecule has 2 N–H and O–H groups in total. The fourth-order valence-corrected chi connectivity index (χ4v) is 1.62. The van der Waals surface area contributed by atoms with Crippen molar-refractivity contribution >= 4 is 19.2 Å². The van der Waals surface area contributed by atoms with Crippen molar-refractivity contribution in [1.29, 1.82) is 0 Å². The number of halogens is 1. The molecule has 5 heteroatoms. The molecule has 1 aromatic carbocycles. The Bertz CT molecular complexity index is 330. The van der Waals surface area contributed by atoms with Gasteiger partial charge < -0.3 is 9.79 Å². The first-order valence-electron chi connectivity index (χ1n) is 3.72. The van der Waals surface area contributed by atoms with Gasteiger partial charge in [0.25, 0.3) is 0 Å². The van der Waals surface area contributed by atoms with Crippen molar-refractivity contribution in [3.05, 3.63) is 34.9 Å². The van der Waals surface area contributed by atoms with Gasteiger partial charge in [0.1, 0.15) is 0 Å². The van der Waals surface area contributed by atoms with Crippen molar-refractivity contribution in [1.82, 2.24) is 0 Å². The highest BCUT2D eigenvalue weighted by Crippen LogP contribution is 2.51. The van der Waals surface area contributed by atoms with Crippen LogP contribution in [-0.4, -0.2) is 9.79 Å². The van der Waals surface area contributed by atoms with Gasteiger partial charge >= 0.3 is 7.60 Å². The van der Waals surface area contributed by atoms with Crippen LogP contribution in [0.2, 0.25) is 5.02 Å². The summed E-state index contributed by atoms with van der Waals surface area (Å²) >= 11 is 5.64. The second-order valence-corrected chi connectivity index (χ2v) is 5.21. The molecule has 0 saturated carbocycles. The van der Waals surface area contributed by atoms with Crippen LogP contribution in [0.1, 0.15) is 18.1 Å². The van der Waals surface area contributed by atoms with E-state index < -0.39 is 13.3 Å². The minimum Gasteiger partial charge on any atom is -0.324 e. The number of hydrogen-bond donors (Lipinski definition) is 2. The van der Waals surface area contributed by atoms with E-state index in [1.54, 1.807) is 24.3 Å². The highest BCUT2D eigenvalue weighted by atomic mass is 35.5. The molecule has 0 aliphatic rings. The maximum absolute atomic E-state index is 10.9. The molecule has 0 amide bonds. The third-order valence-corrected chi connectivity index (χ3v) is 3.42. The van der Waals surface area contributed by atoms with Crippen LogP contribution in [0.25, 0.3) is 0 Å².